The van der Waals surface area contributed by atoms with Crippen LogP contribution in [0.25, 0.3) is 0 Å². The fourth-order valence-electron chi connectivity index (χ4n) is 1.66. The molecule has 0 bridgehead atoms. The van der Waals surface area contributed by atoms with Crippen molar-refractivity contribution >= 4 is 16.8 Å². The average molecular weight is 254 g/mol. The van der Waals surface area contributed by atoms with Gasteiger partial charge < -0.3 is 5.11 Å². The molecule has 3 nitrogen and oxygen atoms in total. The Morgan fingerprint density at radius 2 is 2.06 bits per heavy atom. The van der Waals surface area contributed by atoms with Gasteiger partial charge in [0.05, 0.1) is 10.8 Å². The minimum atomic E-state index is -1.47. The quantitative estimate of drug-likeness (QED) is 0.879. The zero-order valence-corrected chi connectivity index (χ0v) is 11.2. The SMILES string of the molecule is CCCC(C(=O)O)S(=O)c1cc(C)ccc1C. The number of carbonyl (C=O) groups is 1. The highest BCUT2D eigenvalue weighted by molar-refractivity contribution is 7.86. The Morgan fingerprint density at radius 3 is 2.59 bits per heavy atom. The molecule has 1 aromatic carbocycles. The molecule has 0 aromatic heterocycles. The molecule has 0 amide bonds. The van der Waals surface area contributed by atoms with Crippen LogP contribution in [-0.4, -0.2) is 20.5 Å². The number of carboxylic acids is 1. The molecule has 94 valence electrons. The van der Waals surface area contributed by atoms with Crippen LogP contribution >= 0.6 is 0 Å². The molecule has 0 saturated heterocycles. The van der Waals surface area contributed by atoms with E-state index in [2.05, 4.69) is 0 Å². The van der Waals surface area contributed by atoms with Gasteiger partial charge in [0.25, 0.3) is 0 Å². The molecule has 0 saturated carbocycles. The third-order valence-electron chi connectivity index (χ3n) is 2.65. The van der Waals surface area contributed by atoms with E-state index < -0.39 is 22.0 Å². The molecule has 1 rings (SSSR count). The fourth-order valence-corrected chi connectivity index (χ4v) is 3.29. The minimum Gasteiger partial charge on any atom is -0.480 e. The lowest BCUT2D eigenvalue weighted by atomic mass is 10.2. The molecule has 2 unspecified atom stereocenters. The van der Waals surface area contributed by atoms with Gasteiger partial charge >= 0.3 is 5.97 Å². The molecule has 0 radical (unpaired) electrons. The second-order valence-electron chi connectivity index (χ2n) is 4.18. The molecule has 2 atom stereocenters. The highest BCUT2D eigenvalue weighted by Gasteiger charge is 2.25. The minimum absolute atomic E-state index is 0.440. The molecule has 0 aliphatic carbocycles. The molecule has 1 aromatic rings. The monoisotopic (exact) mass is 254 g/mol. The van der Waals surface area contributed by atoms with Crippen molar-refractivity contribution in [1.29, 1.82) is 0 Å². The molecule has 0 fully saturated rings. The van der Waals surface area contributed by atoms with E-state index in [1.165, 1.54) is 0 Å². The summed E-state index contributed by atoms with van der Waals surface area (Å²) in [5.74, 6) is -0.980. The van der Waals surface area contributed by atoms with Crippen LogP contribution < -0.4 is 0 Å². The second-order valence-corrected chi connectivity index (χ2v) is 5.79. The maximum atomic E-state index is 12.3. The van der Waals surface area contributed by atoms with Gasteiger partial charge in [-0.15, -0.1) is 0 Å². The van der Waals surface area contributed by atoms with Crippen LogP contribution in [0.5, 0.6) is 0 Å². The van der Waals surface area contributed by atoms with E-state index in [0.717, 1.165) is 11.1 Å². The first-order valence-corrected chi connectivity index (χ1v) is 6.89. The summed E-state index contributed by atoms with van der Waals surface area (Å²) in [4.78, 5) is 11.8. The number of hydrogen-bond acceptors (Lipinski definition) is 2. The van der Waals surface area contributed by atoms with Crippen molar-refractivity contribution in [3.8, 4) is 0 Å². The summed E-state index contributed by atoms with van der Waals surface area (Å²) in [6, 6.07) is 5.64. The van der Waals surface area contributed by atoms with Crippen molar-refractivity contribution in [2.24, 2.45) is 0 Å². The van der Waals surface area contributed by atoms with Gasteiger partial charge in [-0.25, -0.2) is 0 Å². The standard InChI is InChI=1S/C13H18O3S/c1-4-5-11(13(14)15)17(16)12-8-9(2)6-7-10(12)3/h6-8,11H,4-5H2,1-3H3,(H,14,15). The van der Waals surface area contributed by atoms with Crippen LogP contribution in [0.2, 0.25) is 0 Å². The van der Waals surface area contributed by atoms with E-state index >= 15 is 0 Å². The molecule has 0 spiro atoms. The first kappa shape index (κ1) is 13.9. The van der Waals surface area contributed by atoms with Crippen molar-refractivity contribution in [3.05, 3.63) is 29.3 Å². The van der Waals surface area contributed by atoms with Gasteiger partial charge in [-0.3, -0.25) is 9.00 Å². The lowest BCUT2D eigenvalue weighted by molar-refractivity contribution is -0.136. The number of benzene rings is 1. The molecular weight excluding hydrogens is 236 g/mol. The van der Waals surface area contributed by atoms with Crippen molar-refractivity contribution < 1.29 is 14.1 Å². The summed E-state index contributed by atoms with van der Waals surface area (Å²) in [6.07, 6.45) is 1.16. The average Bonchev–Trinajstić information content (AvgIpc) is 2.28. The van der Waals surface area contributed by atoms with Gasteiger partial charge in [-0.05, 0) is 37.5 Å². The molecule has 0 aliphatic heterocycles. The Labute approximate surface area is 104 Å². The summed E-state index contributed by atoms with van der Waals surface area (Å²) in [6.45, 7) is 5.67. The molecule has 0 heterocycles. The Bertz CT molecular complexity index is 440. The first-order valence-electron chi connectivity index (χ1n) is 5.68. The Balaban J connectivity index is 3.09. The largest absolute Gasteiger partial charge is 0.480 e. The topological polar surface area (TPSA) is 54.4 Å². The van der Waals surface area contributed by atoms with E-state index in [1.54, 1.807) is 0 Å². The van der Waals surface area contributed by atoms with E-state index in [-0.39, 0.29) is 0 Å². The predicted molar refractivity (Wildman–Crippen MR) is 68.7 cm³/mol. The fraction of sp³-hybridized carbons (Fsp3) is 0.462. The van der Waals surface area contributed by atoms with Crippen molar-refractivity contribution in [2.45, 2.75) is 43.8 Å². The molecule has 17 heavy (non-hydrogen) atoms. The number of rotatable bonds is 5. The van der Waals surface area contributed by atoms with Gasteiger partial charge in [0.2, 0.25) is 0 Å². The normalized spacial score (nSPS) is 14.3. The van der Waals surface area contributed by atoms with E-state index in [4.69, 9.17) is 5.11 Å². The maximum absolute atomic E-state index is 12.3. The maximum Gasteiger partial charge on any atom is 0.319 e. The predicted octanol–water partition coefficient (Wildman–Crippen LogP) is 2.66. The second kappa shape index (κ2) is 5.96. The molecule has 0 aliphatic rings. The van der Waals surface area contributed by atoms with Crippen LogP contribution in [0.15, 0.2) is 23.1 Å². The first-order chi connectivity index (χ1) is 7.97. The smallest absolute Gasteiger partial charge is 0.319 e. The van der Waals surface area contributed by atoms with Gasteiger partial charge in [0.1, 0.15) is 5.25 Å². The lowest BCUT2D eigenvalue weighted by Gasteiger charge is -2.13. The zero-order chi connectivity index (χ0) is 13.0. The summed E-state index contributed by atoms with van der Waals surface area (Å²) >= 11 is 0. The zero-order valence-electron chi connectivity index (χ0n) is 10.4. The number of hydrogen-bond donors (Lipinski definition) is 1. The summed E-state index contributed by atoms with van der Waals surface area (Å²) in [7, 11) is -1.47. The van der Waals surface area contributed by atoms with Gasteiger partial charge in [0.15, 0.2) is 0 Å². The van der Waals surface area contributed by atoms with Crippen LogP contribution in [0.4, 0.5) is 0 Å². The summed E-state index contributed by atoms with van der Waals surface area (Å²) in [5, 5.41) is 8.30. The van der Waals surface area contributed by atoms with Crippen LogP contribution in [0.3, 0.4) is 0 Å². The Morgan fingerprint density at radius 1 is 1.41 bits per heavy atom. The third-order valence-corrected chi connectivity index (χ3v) is 4.47. The van der Waals surface area contributed by atoms with E-state index in [0.29, 0.717) is 17.7 Å². The number of aryl methyl sites for hydroxylation is 2. The van der Waals surface area contributed by atoms with Crippen LogP contribution in [-0.2, 0) is 15.6 Å². The highest BCUT2D eigenvalue weighted by atomic mass is 32.2. The van der Waals surface area contributed by atoms with Crippen molar-refractivity contribution in [2.75, 3.05) is 0 Å². The van der Waals surface area contributed by atoms with Crippen molar-refractivity contribution in [1.82, 2.24) is 0 Å². The van der Waals surface area contributed by atoms with Crippen LogP contribution in [0, 0.1) is 13.8 Å². The van der Waals surface area contributed by atoms with Gasteiger partial charge in [-0.1, -0.05) is 25.5 Å². The number of carboxylic acid groups (broad SMARTS) is 1. The van der Waals surface area contributed by atoms with Gasteiger partial charge in [0, 0.05) is 4.90 Å². The third kappa shape index (κ3) is 3.40. The Kier molecular flexibility index (Phi) is 4.87. The van der Waals surface area contributed by atoms with E-state index in [9.17, 15) is 9.00 Å². The highest BCUT2D eigenvalue weighted by Crippen LogP contribution is 2.20. The molecular formula is C13H18O3S. The van der Waals surface area contributed by atoms with Gasteiger partial charge in [-0.2, -0.15) is 0 Å². The van der Waals surface area contributed by atoms with Crippen molar-refractivity contribution in [3.63, 3.8) is 0 Å². The lowest BCUT2D eigenvalue weighted by Crippen LogP contribution is -2.26. The Hall–Kier alpha value is -1.16. The summed E-state index contributed by atoms with van der Waals surface area (Å²) in [5.41, 5.74) is 1.89. The van der Waals surface area contributed by atoms with E-state index in [1.807, 2.05) is 39.0 Å². The molecule has 4 heteroatoms. The van der Waals surface area contributed by atoms with Crippen LogP contribution in [0.1, 0.15) is 30.9 Å². The summed E-state index contributed by atoms with van der Waals surface area (Å²) < 4.78 is 12.3. The molecule has 1 N–H and O–H groups in total. The number of aliphatic carboxylic acids is 1.